The largest absolute Gasteiger partial charge is 0.198 e. The van der Waals surface area contributed by atoms with Crippen LogP contribution < -0.4 is 0 Å². The summed E-state index contributed by atoms with van der Waals surface area (Å²) >= 11 is 0. The molecule has 132 valence electrons. The molecule has 1 heteroatoms. The monoisotopic (exact) mass is 317 g/mol. The first-order valence-electron chi connectivity index (χ1n) is 10.6. The maximum absolute atomic E-state index is 9.89. The molecule has 0 radical (unpaired) electrons. The van der Waals surface area contributed by atoms with Crippen LogP contribution in [0.4, 0.5) is 0 Å². The van der Waals surface area contributed by atoms with E-state index in [1.54, 1.807) is 0 Å². The van der Waals surface area contributed by atoms with Crippen molar-refractivity contribution in [1.29, 1.82) is 5.26 Å². The van der Waals surface area contributed by atoms with E-state index in [0.29, 0.717) is 0 Å². The molecule has 1 nitrogen and oxygen atoms in total. The summed E-state index contributed by atoms with van der Waals surface area (Å²) in [6.07, 6.45) is 20.1. The molecule has 0 bridgehead atoms. The van der Waals surface area contributed by atoms with Gasteiger partial charge < -0.3 is 0 Å². The number of nitriles is 1. The Morgan fingerprint density at radius 1 is 0.913 bits per heavy atom. The highest BCUT2D eigenvalue weighted by Crippen LogP contribution is 2.48. The Balaban J connectivity index is 1.81. The van der Waals surface area contributed by atoms with Gasteiger partial charge in [-0.2, -0.15) is 5.26 Å². The third-order valence-corrected chi connectivity index (χ3v) is 7.01. The Labute approximate surface area is 145 Å². The van der Waals surface area contributed by atoms with Crippen LogP contribution in [-0.4, -0.2) is 0 Å². The molecule has 2 rings (SSSR count). The normalized spacial score (nSPS) is 34.9. The fraction of sp³-hybridized carbons (Fsp3) is 0.955. The van der Waals surface area contributed by atoms with Gasteiger partial charge in [0.05, 0.1) is 11.5 Å². The Morgan fingerprint density at radius 2 is 1.65 bits per heavy atom. The van der Waals surface area contributed by atoms with E-state index in [2.05, 4.69) is 19.9 Å². The van der Waals surface area contributed by atoms with Crippen molar-refractivity contribution in [1.82, 2.24) is 0 Å². The van der Waals surface area contributed by atoms with Gasteiger partial charge in [0.25, 0.3) is 0 Å². The summed E-state index contributed by atoms with van der Waals surface area (Å²) in [5, 5.41) is 9.89. The van der Waals surface area contributed by atoms with Crippen LogP contribution >= 0.6 is 0 Å². The van der Waals surface area contributed by atoms with Gasteiger partial charge in [-0.1, -0.05) is 78.1 Å². The highest BCUT2D eigenvalue weighted by molar-refractivity contribution is 5.03. The molecule has 0 aromatic rings. The second kappa shape index (κ2) is 9.71. The maximum Gasteiger partial charge on any atom is 0.0689 e. The van der Waals surface area contributed by atoms with E-state index in [9.17, 15) is 5.26 Å². The summed E-state index contributed by atoms with van der Waals surface area (Å²) in [5.41, 5.74) is 0.0384. The highest BCUT2D eigenvalue weighted by Gasteiger charge is 2.39. The molecule has 0 saturated heterocycles. The van der Waals surface area contributed by atoms with Gasteiger partial charge in [0.1, 0.15) is 0 Å². The lowest BCUT2D eigenvalue weighted by Gasteiger charge is -2.41. The zero-order valence-electron chi connectivity index (χ0n) is 15.8. The van der Waals surface area contributed by atoms with Crippen LogP contribution in [0.2, 0.25) is 0 Å². The van der Waals surface area contributed by atoms with Crippen molar-refractivity contribution in [2.45, 2.75) is 110 Å². The third kappa shape index (κ3) is 5.51. The van der Waals surface area contributed by atoms with Crippen molar-refractivity contribution in [3.8, 4) is 6.07 Å². The maximum atomic E-state index is 9.89. The summed E-state index contributed by atoms with van der Waals surface area (Å²) in [6, 6.07) is 2.80. The number of hydrogen-bond acceptors (Lipinski definition) is 1. The SMILES string of the molecule is CCCCCCCC1(C#N)CCCC(C2CCC(CC)CC2)C1. The molecule has 2 unspecified atom stereocenters. The summed E-state index contributed by atoms with van der Waals surface area (Å²) < 4.78 is 0. The van der Waals surface area contributed by atoms with Crippen LogP contribution in [0.5, 0.6) is 0 Å². The fourth-order valence-corrected chi connectivity index (χ4v) is 5.33. The fourth-order valence-electron chi connectivity index (χ4n) is 5.33. The molecule has 0 aliphatic heterocycles. The van der Waals surface area contributed by atoms with Gasteiger partial charge in [-0.15, -0.1) is 0 Å². The molecule has 2 fully saturated rings. The Bertz CT molecular complexity index is 361. The van der Waals surface area contributed by atoms with E-state index >= 15 is 0 Å². The predicted octanol–water partition coefficient (Wildman–Crippen LogP) is 7.26. The molecule has 2 aliphatic rings. The summed E-state index contributed by atoms with van der Waals surface area (Å²) in [6.45, 7) is 4.63. The lowest BCUT2D eigenvalue weighted by atomic mass is 9.62. The minimum atomic E-state index is 0.0384. The predicted molar refractivity (Wildman–Crippen MR) is 99.1 cm³/mol. The second-order valence-electron chi connectivity index (χ2n) is 8.60. The van der Waals surface area contributed by atoms with E-state index in [0.717, 1.165) is 17.8 Å². The van der Waals surface area contributed by atoms with Crippen LogP contribution in [0.15, 0.2) is 0 Å². The minimum absolute atomic E-state index is 0.0384. The molecule has 0 amide bonds. The lowest BCUT2D eigenvalue weighted by molar-refractivity contribution is 0.103. The van der Waals surface area contributed by atoms with Crippen molar-refractivity contribution in [3.63, 3.8) is 0 Å². The first-order valence-corrected chi connectivity index (χ1v) is 10.6. The molecule has 0 heterocycles. The number of nitrogens with zero attached hydrogens (tertiary/aromatic N) is 1. The van der Waals surface area contributed by atoms with E-state index in [4.69, 9.17) is 0 Å². The van der Waals surface area contributed by atoms with Crippen molar-refractivity contribution < 1.29 is 0 Å². The van der Waals surface area contributed by atoms with Crippen LogP contribution in [0, 0.1) is 34.5 Å². The van der Waals surface area contributed by atoms with E-state index < -0.39 is 0 Å². The van der Waals surface area contributed by atoms with Gasteiger partial charge in [0.15, 0.2) is 0 Å². The molecular weight excluding hydrogens is 278 g/mol. The van der Waals surface area contributed by atoms with Crippen LogP contribution in [0.1, 0.15) is 110 Å². The highest BCUT2D eigenvalue weighted by atomic mass is 14.5. The molecule has 0 spiro atoms. The zero-order chi connectivity index (χ0) is 16.5. The third-order valence-electron chi connectivity index (χ3n) is 7.01. The number of rotatable bonds is 8. The molecule has 2 aliphatic carbocycles. The molecule has 2 atom stereocenters. The molecule has 23 heavy (non-hydrogen) atoms. The first kappa shape index (κ1) is 18.8. The lowest BCUT2D eigenvalue weighted by Crippen LogP contribution is -2.32. The minimum Gasteiger partial charge on any atom is -0.198 e. The van der Waals surface area contributed by atoms with Gasteiger partial charge in [-0.3, -0.25) is 0 Å². The number of unbranched alkanes of at least 4 members (excludes halogenated alkanes) is 4. The molecule has 2 saturated carbocycles. The van der Waals surface area contributed by atoms with E-state index in [-0.39, 0.29) is 5.41 Å². The van der Waals surface area contributed by atoms with Crippen molar-refractivity contribution in [2.24, 2.45) is 23.2 Å². The zero-order valence-corrected chi connectivity index (χ0v) is 15.8. The van der Waals surface area contributed by atoms with Gasteiger partial charge in [0.2, 0.25) is 0 Å². The van der Waals surface area contributed by atoms with Crippen LogP contribution in [0.25, 0.3) is 0 Å². The molecule has 0 aromatic heterocycles. The van der Waals surface area contributed by atoms with E-state index in [1.807, 2.05) is 0 Å². The van der Waals surface area contributed by atoms with Gasteiger partial charge in [0, 0.05) is 0 Å². The van der Waals surface area contributed by atoms with E-state index in [1.165, 1.54) is 96.3 Å². The van der Waals surface area contributed by atoms with Gasteiger partial charge in [-0.25, -0.2) is 0 Å². The summed E-state index contributed by atoms with van der Waals surface area (Å²) in [7, 11) is 0. The smallest absolute Gasteiger partial charge is 0.0689 e. The topological polar surface area (TPSA) is 23.8 Å². The molecule has 0 aromatic carbocycles. The molecule has 0 N–H and O–H groups in total. The Morgan fingerprint density at radius 3 is 2.30 bits per heavy atom. The standard InChI is InChI=1S/C22H39N/c1-3-5-6-7-8-15-22(18-23)16-9-10-21(17-22)20-13-11-19(4-2)12-14-20/h19-21H,3-17H2,1-2H3. The average molecular weight is 318 g/mol. The van der Waals surface area contributed by atoms with Crippen molar-refractivity contribution >= 4 is 0 Å². The van der Waals surface area contributed by atoms with Crippen molar-refractivity contribution in [3.05, 3.63) is 0 Å². The Kier molecular flexibility index (Phi) is 7.94. The van der Waals surface area contributed by atoms with Gasteiger partial charge in [-0.05, 0) is 49.9 Å². The van der Waals surface area contributed by atoms with Crippen LogP contribution in [0.3, 0.4) is 0 Å². The van der Waals surface area contributed by atoms with Crippen molar-refractivity contribution in [2.75, 3.05) is 0 Å². The number of hydrogen-bond donors (Lipinski definition) is 0. The van der Waals surface area contributed by atoms with Gasteiger partial charge >= 0.3 is 0 Å². The quantitative estimate of drug-likeness (QED) is 0.432. The molecular formula is C22H39N. The Hall–Kier alpha value is -0.510. The summed E-state index contributed by atoms with van der Waals surface area (Å²) in [5.74, 6) is 2.79. The average Bonchev–Trinajstić information content (AvgIpc) is 2.62. The first-order chi connectivity index (χ1) is 11.2. The second-order valence-corrected chi connectivity index (χ2v) is 8.60. The summed E-state index contributed by atoms with van der Waals surface area (Å²) in [4.78, 5) is 0. The van der Waals surface area contributed by atoms with Crippen LogP contribution in [-0.2, 0) is 0 Å².